The van der Waals surface area contributed by atoms with Crippen LogP contribution in [-0.2, 0) is 13.1 Å². The van der Waals surface area contributed by atoms with Crippen LogP contribution in [0.1, 0.15) is 12.8 Å². The Balaban J connectivity index is 1.44. The predicted molar refractivity (Wildman–Crippen MR) is 115 cm³/mol. The molecule has 4 rings (SSSR count). The summed E-state index contributed by atoms with van der Waals surface area (Å²) in [6.45, 7) is 1.53. The van der Waals surface area contributed by atoms with Gasteiger partial charge in [-0.2, -0.15) is 0 Å². The summed E-state index contributed by atoms with van der Waals surface area (Å²) in [5, 5.41) is 1.66. The molecular weight excluding hydrogens is 594 g/mol. The van der Waals surface area contributed by atoms with Gasteiger partial charge in [-0.3, -0.25) is 0 Å². The van der Waals surface area contributed by atoms with E-state index in [4.69, 9.17) is 0 Å². The predicted octanol–water partition coefficient (Wildman–Crippen LogP) is 3.44. The molecule has 2 aromatic heterocycles. The molecule has 0 unspecified atom stereocenters. The molecule has 0 amide bonds. The van der Waals surface area contributed by atoms with Gasteiger partial charge in [-0.05, 0) is 0 Å². The molecule has 0 fully saturated rings. The van der Waals surface area contributed by atoms with E-state index >= 15 is 0 Å². The van der Waals surface area contributed by atoms with Gasteiger partial charge in [-0.15, -0.1) is 0 Å². The van der Waals surface area contributed by atoms with Gasteiger partial charge in [0.25, 0.3) is 0 Å². The van der Waals surface area contributed by atoms with E-state index in [1.54, 1.807) is 0 Å². The Morgan fingerprint density at radius 3 is 1.58 bits per heavy atom. The van der Waals surface area contributed by atoms with Crippen LogP contribution in [-0.4, -0.2) is 36.6 Å². The molecule has 0 aliphatic heterocycles. The van der Waals surface area contributed by atoms with Gasteiger partial charge in [-0.1, -0.05) is 0 Å². The van der Waals surface area contributed by atoms with Crippen molar-refractivity contribution in [1.82, 2.24) is 7.12 Å². The van der Waals surface area contributed by atoms with Crippen molar-refractivity contribution in [3.63, 3.8) is 0 Å². The second-order valence-corrected chi connectivity index (χ2v) is 12.3. The molecule has 26 heavy (non-hydrogen) atoms. The minimum atomic E-state index is 0.0725. The maximum atomic E-state index is 12.5. The van der Waals surface area contributed by atoms with Crippen LogP contribution in [0.3, 0.4) is 0 Å². The molecule has 2 heterocycles. The van der Waals surface area contributed by atoms with E-state index in [0.717, 1.165) is 54.2 Å². The number of hydrogen-bond acceptors (Lipinski definition) is 2. The Hall–Kier alpha value is -0.621. The van der Waals surface area contributed by atoms with Crippen molar-refractivity contribution in [3.05, 3.63) is 66.1 Å². The molecule has 4 nitrogen and oxygen atoms in total. The molecule has 0 bridgehead atoms. The van der Waals surface area contributed by atoms with Crippen LogP contribution >= 0.6 is 31.9 Å². The van der Waals surface area contributed by atoms with E-state index in [1.165, 1.54) is 0 Å². The first-order chi connectivity index (χ1) is 12.5. The minimum absolute atomic E-state index is 0.0725. The van der Waals surface area contributed by atoms with Gasteiger partial charge in [0.05, 0.1) is 0 Å². The molecule has 0 atom stereocenters. The van der Waals surface area contributed by atoms with Crippen LogP contribution < -0.4 is 11.1 Å². The van der Waals surface area contributed by atoms with Gasteiger partial charge >= 0.3 is 180 Å². The van der Waals surface area contributed by atoms with Crippen molar-refractivity contribution in [1.29, 1.82) is 0 Å². The molecule has 134 valence electrons. The van der Waals surface area contributed by atoms with Gasteiger partial charge < -0.3 is 0 Å². The zero-order chi connectivity index (χ0) is 18.3. The summed E-state index contributed by atoms with van der Waals surface area (Å²) in [6, 6.07) is 11.9. The van der Waals surface area contributed by atoms with Crippen molar-refractivity contribution in [2.75, 3.05) is 0 Å². The summed E-state index contributed by atoms with van der Waals surface area (Å²) >= 11 is 7.01. The number of aromatic nitrogens is 2. The van der Waals surface area contributed by atoms with Crippen LogP contribution in [0, 0.1) is 0 Å². The Labute approximate surface area is 178 Å². The van der Waals surface area contributed by atoms with Crippen LogP contribution in [0.15, 0.2) is 54.9 Å². The summed E-state index contributed by atoms with van der Waals surface area (Å²) in [6.07, 6.45) is 1.84. The van der Waals surface area contributed by atoms with Crippen LogP contribution in [0.4, 0.5) is 0 Å². The van der Waals surface area contributed by atoms with Crippen molar-refractivity contribution < 1.29 is 0 Å². The molecule has 4 aromatic rings. The molecular formula is C18H14Br2N2O2Se2. The van der Waals surface area contributed by atoms with Crippen molar-refractivity contribution in [3.8, 4) is 0 Å². The first-order valence-electron chi connectivity index (χ1n) is 8.12. The third kappa shape index (κ3) is 3.68. The van der Waals surface area contributed by atoms with Gasteiger partial charge in [0.1, 0.15) is 0 Å². The van der Waals surface area contributed by atoms with Gasteiger partial charge in [-0.25, -0.2) is 0 Å². The fourth-order valence-corrected chi connectivity index (χ4v) is 7.86. The number of aryl methyl sites for hydroxylation is 2. The summed E-state index contributed by atoms with van der Waals surface area (Å²) < 4.78 is 8.14. The van der Waals surface area contributed by atoms with Crippen molar-refractivity contribution >= 4 is 80.6 Å². The fourth-order valence-electron chi connectivity index (χ4n) is 2.89. The number of rotatable bonds is 5. The van der Waals surface area contributed by atoms with E-state index in [-0.39, 0.29) is 40.6 Å². The average molecular weight is 608 g/mol. The number of halogens is 2. The second-order valence-electron chi connectivity index (χ2n) is 5.99. The van der Waals surface area contributed by atoms with E-state index < -0.39 is 0 Å². The fraction of sp³-hybridized carbons (Fsp3) is 0.222. The summed E-state index contributed by atoms with van der Waals surface area (Å²) in [5.41, 5.74) is 0.278. The zero-order valence-corrected chi connectivity index (χ0v) is 20.2. The number of fused-ring (bicyclic) bond motifs is 2. The van der Waals surface area contributed by atoms with Gasteiger partial charge in [0.2, 0.25) is 0 Å². The third-order valence-corrected chi connectivity index (χ3v) is 9.88. The topological polar surface area (TPSA) is 44.0 Å². The second kappa shape index (κ2) is 7.78. The number of benzene rings is 2. The summed E-state index contributed by atoms with van der Waals surface area (Å²) in [7, 11) is 0. The summed E-state index contributed by atoms with van der Waals surface area (Å²) in [5.74, 6) is 0. The van der Waals surface area contributed by atoms with E-state index in [2.05, 4.69) is 31.9 Å². The van der Waals surface area contributed by atoms with Crippen LogP contribution in [0.25, 0.3) is 19.3 Å². The molecule has 0 N–H and O–H groups in total. The molecule has 0 saturated heterocycles. The average Bonchev–Trinajstić information content (AvgIpc) is 3.10. The molecule has 0 aliphatic carbocycles. The van der Waals surface area contributed by atoms with Crippen molar-refractivity contribution in [2.24, 2.45) is 0 Å². The SMILES string of the molecule is O=c1c2cc(Br)ccc2[se]n1CCCCn1[se]c2ccc(Br)cc2c1=O. The van der Waals surface area contributed by atoms with Crippen LogP contribution in [0.2, 0.25) is 0 Å². The normalized spacial score (nSPS) is 11.6. The molecule has 0 spiro atoms. The Morgan fingerprint density at radius 1 is 0.731 bits per heavy atom. The van der Waals surface area contributed by atoms with E-state index in [9.17, 15) is 9.59 Å². The molecule has 0 saturated carbocycles. The Bertz CT molecular complexity index is 1120. The Kier molecular flexibility index (Phi) is 5.61. The Morgan fingerprint density at radius 2 is 1.15 bits per heavy atom. The first kappa shape index (κ1) is 18.7. The van der Waals surface area contributed by atoms with Crippen molar-refractivity contribution in [2.45, 2.75) is 25.9 Å². The number of hydrogen-bond donors (Lipinski definition) is 0. The third-order valence-electron chi connectivity index (χ3n) is 4.19. The quantitative estimate of drug-likeness (QED) is 0.258. The standard InChI is InChI=1S/C18H14Br2N2O2Se2/c19-11-3-5-15-13(9-11)17(23)21(25-15)7-1-2-8-22-18(24)14-10-12(20)4-6-16(14)26-22/h3-6,9-10H,1-2,7-8H2. The maximum absolute atomic E-state index is 12.5. The molecule has 2 aromatic carbocycles. The molecule has 8 heteroatoms. The van der Waals surface area contributed by atoms with E-state index in [0.29, 0.717) is 0 Å². The zero-order valence-electron chi connectivity index (χ0n) is 13.6. The molecule has 0 radical (unpaired) electrons. The summed E-state index contributed by atoms with van der Waals surface area (Å²) in [4.78, 5) is 25.0. The number of unbranched alkanes of at least 4 members (excludes halogenated alkanes) is 1. The van der Waals surface area contributed by atoms with Gasteiger partial charge in [0, 0.05) is 0 Å². The molecule has 0 aliphatic rings. The van der Waals surface area contributed by atoms with Crippen LogP contribution in [0.5, 0.6) is 0 Å². The number of nitrogens with zero attached hydrogens (tertiary/aromatic N) is 2. The first-order valence-corrected chi connectivity index (χ1v) is 12.9. The van der Waals surface area contributed by atoms with Gasteiger partial charge in [0.15, 0.2) is 0 Å². The van der Waals surface area contributed by atoms with E-state index in [1.807, 2.05) is 43.5 Å². The monoisotopic (exact) mass is 608 g/mol.